The van der Waals surface area contributed by atoms with Crippen LogP contribution in [0.25, 0.3) is 0 Å². The first-order valence-corrected chi connectivity index (χ1v) is 6.64. The van der Waals surface area contributed by atoms with Crippen molar-refractivity contribution in [2.45, 2.75) is 26.7 Å². The molecule has 0 aromatic heterocycles. The minimum Gasteiger partial charge on any atom is -0.385 e. The van der Waals surface area contributed by atoms with E-state index in [1.807, 2.05) is 24.3 Å². The van der Waals surface area contributed by atoms with Crippen LogP contribution in [0.3, 0.4) is 0 Å². The zero-order valence-corrected chi connectivity index (χ0v) is 11.9. The zero-order chi connectivity index (χ0) is 13.5. The van der Waals surface area contributed by atoms with Crippen LogP contribution in [0.1, 0.15) is 37.0 Å². The minimum absolute atomic E-state index is 0.0428. The molecule has 1 N–H and O–H groups in total. The van der Waals surface area contributed by atoms with Crippen molar-refractivity contribution in [1.29, 1.82) is 0 Å². The van der Waals surface area contributed by atoms with E-state index >= 15 is 0 Å². The molecule has 0 spiro atoms. The first kappa shape index (κ1) is 14.6. The van der Waals surface area contributed by atoms with Gasteiger partial charge in [-0.2, -0.15) is 0 Å². The van der Waals surface area contributed by atoms with Gasteiger partial charge in [0.15, 0.2) is 0 Å². The molecule has 1 amide bonds. The van der Waals surface area contributed by atoms with Crippen molar-refractivity contribution in [3.63, 3.8) is 0 Å². The van der Waals surface area contributed by atoms with E-state index in [9.17, 15) is 4.79 Å². The van der Waals surface area contributed by atoms with Gasteiger partial charge in [0.1, 0.15) is 0 Å². The van der Waals surface area contributed by atoms with E-state index in [0.717, 1.165) is 17.8 Å². The summed E-state index contributed by atoms with van der Waals surface area (Å²) in [4.78, 5) is 13.4. The summed E-state index contributed by atoms with van der Waals surface area (Å²) in [5, 5.41) is 3.41. The van der Waals surface area contributed by atoms with Crippen molar-refractivity contribution in [2.24, 2.45) is 5.92 Å². The SMILES string of the molecule is CCC(CC)CNc1cccc(C(=O)N(C)C)c1. The molecule has 0 heterocycles. The molecule has 1 rings (SSSR count). The highest BCUT2D eigenvalue weighted by Gasteiger charge is 2.08. The smallest absolute Gasteiger partial charge is 0.253 e. The number of hydrogen-bond acceptors (Lipinski definition) is 2. The lowest BCUT2D eigenvalue weighted by Gasteiger charge is -2.15. The van der Waals surface area contributed by atoms with E-state index in [4.69, 9.17) is 0 Å². The maximum Gasteiger partial charge on any atom is 0.253 e. The second-order valence-electron chi connectivity index (χ2n) is 4.84. The summed E-state index contributed by atoms with van der Waals surface area (Å²) in [7, 11) is 3.54. The summed E-state index contributed by atoms with van der Waals surface area (Å²) < 4.78 is 0. The average molecular weight is 248 g/mol. The topological polar surface area (TPSA) is 32.3 Å². The molecule has 1 aromatic carbocycles. The number of rotatable bonds is 6. The fourth-order valence-corrected chi connectivity index (χ4v) is 1.86. The highest BCUT2D eigenvalue weighted by Crippen LogP contribution is 2.14. The summed E-state index contributed by atoms with van der Waals surface area (Å²) in [6.45, 7) is 5.39. The summed E-state index contributed by atoms with van der Waals surface area (Å²) >= 11 is 0. The molecule has 0 radical (unpaired) electrons. The Morgan fingerprint density at radius 2 is 1.94 bits per heavy atom. The van der Waals surface area contributed by atoms with Crippen molar-refractivity contribution >= 4 is 11.6 Å². The molecule has 0 aliphatic heterocycles. The molecule has 0 saturated heterocycles. The predicted molar refractivity (Wildman–Crippen MR) is 77.0 cm³/mol. The van der Waals surface area contributed by atoms with Gasteiger partial charge in [-0.25, -0.2) is 0 Å². The minimum atomic E-state index is 0.0428. The Bertz CT molecular complexity index is 384. The number of hydrogen-bond donors (Lipinski definition) is 1. The Balaban J connectivity index is 2.68. The van der Waals surface area contributed by atoms with Crippen LogP contribution in [-0.4, -0.2) is 31.4 Å². The van der Waals surface area contributed by atoms with E-state index < -0.39 is 0 Å². The van der Waals surface area contributed by atoms with Crippen molar-refractivity contribution in [2.75, 3.05) is 26.0 Å². The first-order chi connectivity index (χ1) is 8.58. The third-order valence-corrected chi connectivity index (χ3v) is 3.27. The number of benzene rings is 1. The van der Waals surface area contributed by atoms with E-state index in [2.05, 4.69) is 19.2 Å². The molecule has 0 atom stereocenters. The summed E-state index contributed by atoms with van der Waals surface area (Å²) in [5.41, 5.74) is 1.75. The fourth-order valence-electron chi connectivity index (χ4n) is 1.86. The molecule has 18 heavy (non-hydrogen) atoms. The van der Waals surface area contributed by atoms with Gasteiger partial charge in [-0.15, -0.1) is 0 Å². The first-order valence-electron chi connectivity index (χ1n) is 6.64. The van der Waals surface area contributed by atoms with Crippen molar-refractivity contribution in [3.8, 4) is 0 Å². The van der Waals surface area contributed by atoms with Crippen LogP contribution in [0.5, 0.6) is 0 Å². The Kier molecular flexibility index (Phi) is 5.69. The Morgan fingerprint density at radius 1 is 1.28 bits per heavy atom. The van der Waals surface area contributed by atoms with E-state index in [1.54, 1.807) is 19.0 Å². The van der Waals surface area contributed by atoms with Crippen LogP contribution in [0.15, 0.2) is 24.3 Å². The molecule has 0 bridgehead atoms. The molecule has 100 valence electrons. The third kappa shape index (κ3) is 4.06. The Morgan fingerprint density at radius 3 is 2.50 bits per heavy atom. The predicted octanol–water partition coefficient (Wildman–Crippen LogP) is 3.24. The lowest BCUT2D eigenvalue weighted by molar-refractivity contribution is 0.0827. The molecule has 3 heteroatoms. The van der Waals surface area contributed by atoms with Gasteiger partial charge in [0, 0.05) is 31.9 Å². The van der Waals surface area contributed by atoms with E-state index in [-0.39, 0.29) is 5.91 Å². The third-order valence-electron chi connectivity index (χ3n) is 3.27. The van der Waals surface area contributed by atoms with Crippen LogP contribution < -0.4 is 5.32 Å². The highest BCUT2D eigenvalue weighted by molar-refractivity contribution is 5.94. The molecule has 0 aliphatic rings. The number of carbonyl (C=O) groups excluding carboxylic acids is 1. The van der Waals surface area contributed by atoms with Gasteiger partial charge in [-0.1, -0.05) is 32.8 Å². The van der Waals surface area contributed by atoms with Gasteiger partial charge < -0.3 is 10.2 Å². The lowest BCUT2D eigenvalue weighted by atomic mass is 10.0. The fraction of sp³-hybridized carbons (Fsp3) is 0.533. The van der Waals surface area contributed by atoms with Crippen molar-refractivity contribution in [1.82, 2.24) is 4.90 Å². The normalized spacial score (nSPS) is 10.5. The zero-order valence-electron chi connectivity index (χ0n) is 11.9. The second-order valence-corrected chi connectivity index (χ2v) is 4.84. The Labute approximate surface area is 110 Å². The van der Waals surface area contributed by atoms with E-state index in [0.29, 0.717) is 5.92 Å². The van der Waals surface area contributed by atoms with Crippen LogP contribution in [0.2, 0.25) is 0 Å². The Hall–Kier alpha value is -1.51. The van der Waals surface area contributed by atoms with Crippen LogP contribution in [0, 0.1) is 5.92 Å². The number of anilines is 1. The maximum absolute atomic E-state index is 11.8. The number of amides is 1. The molecule has 1 aromatic rings. The molecular formula is C15H24N2O. The van der Waals surface area contributed by atoms with Gasteiger partial charge in [0.2, 0.25) is 0 Å². The van der Waals surface area contributed by atoms with Crippen LogP contribution in [0.4, 0.5) is 5.69 Å². The van der Waals surface area contributed by atoms with Gasteiger partial charge in [0.25, 0.3) is 5.91 Å². The van der Waals surface area contributed by atoms with E-state index in [1.165, 1.54) is 12.8 Å². The van der Waals surface area contributed by atoms with Crippen molar-refractivity contribution in [3.05, 3.63) is 29.8 Å². The van der Waals surface area contributed by atoms with Gasteiger partial charge in [-0.05, 0) is 24.1 Å². The summed E-state index contributed by atoms with van der Waals surface area (Å²) in [6, 6.07) is 7.70. The standard InChI is InChI=1S/C15H24N2O/c1-5-12(6-2)11-16-14-9-7-8-13(10-14)15(18)17(3)4/h7-10,12,16H,5-6,11H2,1-4H3. The van der Waals surface area contributed by atoms with Crippen molar-refractivity contribution < 1.29 is 4.79 Å². The lowest BCUT2D eigenvalue weighted by Crippen LogP contribution is -2.21. The monoisotopic (exact) mass is 248 g/mol. The van der Waals surface area contributed by atoms with Gasteiger partial charge >= 0.3 is 0 Å². The molecular weight excluding hydrogens is 224 g/mol. The molecule has 0 aliphatic carbocycles. The highest BCUT2D eigenvalue weighted by atomic mass is 16.2. The maximum atomic E-state index is 11.8. The van der Waals surface area contributed by atoms with Crippen LogP contribution >= 0.6 is 0 Å². The quantitative estimate of drug-likeness (QED) is 0.838. The molecule has 0 fully saturated rings. The second kappa shape index (κ2) is 7.04. The molecule has 0 saturated carbocycles. The summed E-state index contributed by atoms with van der Waals surface area (Å²) in [5.74, 6) is 0.736. The number of carbonyl (C=O) groups is 1. The van der Waals surface area contributed by atoms with Gasteiger partial charge in [-0.3, -0.25) is 4.79 Å². The number of nitrogens with one attached hydrogen (secondary N) is 1. The van der Waals surface area contributed by atoms with Gasteiger partial charge in [0.05, 0.1) is 0 Å². The molecule has 3 nitrogen and oxygen atoms in total. The average Bonchev–Trinajstić information content (AvgIpc) is 2.39. The molecule has 0 unspecified atom stereocenters. The summed E-state index contributed by atoms with van der Waals surface area (Å²) in [6.07, 6.45) is 2.36. The van der Waals surface area contributed by atoms with Crippen LogP contribution in [-0.2, 0) is 0 Å². The largest absolute Gasteiger partial charge is 0.385 e. The number of nitrogens with zero attached hydrogens (tertiary/aromatic N) is 1.